The van der Waals surface area contributed by atoms with Crippen LogP contribution in [0.1, 0.15) is 28.5 Å². The van der Waals surface area contributed by atoms with E-state index in [1.807, 2.05) is 6.92 Å². The standard InChI is InChI=1S/C20H19FN4O2/c1-3-16-18(24-17-6-7-23-10-14(17)19(22)26)9-13(20(27)25-16)12-4-5-15(21)11(2)8-12/h4-10H,3H2,1-2H3,(H2,22,26)(H,23,24)(H,25,27). The lowest BCUT2D eigenvalue weighted by atomic mass is 10.0. The summed E-state index contributed by atoms with van der Waals surface area (Å²) in [4.78, 5) is 30.9. The molecule has 4 N–H and O–H groups in total. The number of rotatable bonds is 5. The lowest BCUT2D eigenvalue weighted by Crippen LogP contribution is -2.16. The van der Waals surface area contributed by atoms with Gasteiger partial charge in [-0.05, 0) is 48.7 Å². The van der Waals surface area contributed by atoms with Crippen LogP contribution in [0.5, 0.6) is 0 Å². The smallest absolute Gasteiger partial charge is 0.256 e. The van der Waals surface area contributed by atoms with E-state index in [1.54, 1.807) is 31.2 Å². The Morgan fingerprint density at radius 3 is 2.70 bits per heavy atom. The highest BCUT2D eigenvalue weighted by Crippen LogP contribution is 2.27. The number of hydrogen-bond acceptors (Lipinski definition) is 4. The number of nitrogens with zero attached hydrogens (tertiary/aromatic N) is 1. The van der Waals surface area contributed by atoms with Crippen molar-refractivity contribution in [3.63, 3.8) is 0 Å². The summed E-state index contributed by atoms with van der Waals surface area (Å²) in [7, 11) is 0. The number of aromatic amines is 1. The van der Waals surface area contributed by atoms with Crippen LogP contribution in [0.3, 0.4) is 0 Å². The monoisotopic (exact) mass is 366 g/mol. The van der Waals surface area contributed by atoms with Gasteiger partial charge in [0.1, 0.15) is 5.82 Å². The van der Waals surface area contributed by atoms with Gasteiger partial charge < -0.3 is 16.0 Å². The molecule has 2 heterocycles. The zero-order chi connectivity index (χ0) is 19.6. The van der Waals surface area contributed by atoms with Crippen LogP contribution in [-0.2, 0) is 6.42 Å². The zero-order valence-corrected chi connectivity index (χ0v) is 15.0. The summed E-state index contributed by atoms with van der Waals surface area (Å²) < 4.78 is 13.6. The van der Waals surface area contributed by atoms with Crippen LogP contribution in [0.2, 0.25) is 0 Å². The number of primary amides is 1. The summed E-state index contributed by atoms with van der Waals surface area (Å²) in [5.74, 6) is -0.941. The minimum atomic E-state index is -0.609. The molecule has 0 aliphatic heterocycles. The highest BCUT2D eigenvalue weighted by Gasteiger charge is 2.14. The SMILES string of the molecule is CCc1[nH]c(=O)c(-c2ccc(F)c(C)c2)cc1Nc1ccncc1C(N)=O. The lowest BCUT2D eigenvalue weighted by molar-refractivity contribution is 0.100. The quantitative estimate of drug-likeness (QED) is 0.645. The van der Waals surface area contributed by atoms with E-state index in [-0.39, 0.29) is 16.9 Å². The summed E-state index contributed by atoms with van der Waals surface area (Å²) >= 11 is 0. The van der Waals surface area contributed by atoms with Gasteiger partial charge in [-0.15, -0.1) is 0 Å². The highest BCUT2D eigenvalue weighted by molar-refractivity contribution is 5.99. The Kier molecular flexibility index (Phi) is 5.03. The molecule has 0 radical (unpaired) electrons. The summed E-state index contributed by atoms with van der Waals surface area (Å²) in [5, 5.41) is 3.15. The fourth-order valence-corrected chi connectivity index (χ4v) is 2.83. The van der Waals surface area contributed by atoms with Crippen molar-refractivity contribution >= 4 is 17.3 Å². The molecule has 0 fully saturated rings. The van der Waals surface area contributed by atoms with E-state index < -0.39 is 5.91 Å². The molecule has 0 saturated carbocycles. The van der Waals surface area contributed by atoms with Gasteiger partial charge in [-0.1, -0.05) is 13.0 Å². The number of H-pyrrole nitrogens is 1. The van der Waals surface area contributed by atoms with Crippen molar-refractivity contribution in [2.24, 2.45) is 5.73 Å². The molecule has 1 aromatic carbocycles. The number of nitrogens with one attached hydrogen (secondary N) is 2. The predicted molar refractivity (Wildman–Crippen MR) is 103 cm³/mol. The van der Waals surface area contributed by atoms with Crippen LogP contribution in [0.25, 0.3) is 11.1 Å². The number of carbonyl (C=O) groups is 1. The van der Waals surface area contributed by atoms with Gasteiger partial charge in [-0.25, -0.2) is 4.39 Å². The summed E-state index contributed by atoms with van der Waals surface area (Å²) in [5.41, 5.74) is 8.61. The molecule has 3 aromatic rings. The summed E-state index contributed by atoms with van der Waals surface area (Å²) in [6.07, 6.45) is 3.49. The number of aryl methyl sites for hydroxylation is 2. The van der Waals surface area contributed by atoms with Gasteiger partial charge in [0.15, 0.2) is 0 Å². The molecule has 0 atom stereocenters. The largest absolute Gasteiger partial charge is 0.365 e. The number of nitrogens with two attached hydrogens (primary N) is 1. The van der Waals surface area contributed by atoms with E-state index in [1.165, 1.54) is 18.5 Å². The third-order valence-corrected chi connectivity index (χ3v) is 4.30. The van der Waals surface area contributed by atoms with Crippen LogP contribution in [0.4, 0.5) is 15.8 Å². The van der Waals surface area contributed by atoms with Gasteiger partial charge in [0.05, 0.1) is 16.9 Å². The number of benzene rings is 1. The Labute approximate surface area is 155 Å². The van der Waals surface area contributed by atoms with Crippen LogP contribution in [0, 0.1) is 12.7 Å². The number of amides is 1. The van der Waals surface area contributed by atoms with Crippen molar-refractivity contribution in [2.75, 3.05) is 5.32 Å². The molecule has 27 heavy (non-hydrogen) atoms. The molecule has 0 spiro atoms. The summed E-state index contributed by atoms with van der Waals surface area (Å²) in [6.45, 7) is 3.54. The average molecular weight is 366 g/mol. The summed E-state index contributed by atoms with van der Waals surface area (Å²) in [6, 6.07) is 7.83. The first-order valence-corrected chi connectivity index (χ1v) is 8.44. The molecule has 138 valence electrons. The van der Waals surface area contributed by atoms with E-state index in [4.69, 9.17) is 5.73 Å². The van der Waals surface area contributed by atoms with E-state index in [9.17, 15) is 14.0 Å². The number of hydrogen-bond donors (Lipinski definition) is 3. The number of anilines is 2. The van der Waals surface area contributed by atoms with Crippen LogP contribution in [0.15, 0.2) is 47.5 Å². The normalized spacial score (nSPS) is 10.6. The molecule has 0 unspecified atom stereocenters. The predicted octanol–water partition coefficient (Wildman–Crippen LogP) is 3.29. The first kappa shape index (κ1) is 18.3. The third-order valence-electron chi connectivity index (χ3n) is 4.30. The minimum absolute atomic E-state index is 0.241. The Morgan fingerprint density at radius 1 is 1.26 bits per heavy atom. The topological polar surface area (TPSA) is 101 Å². The van der Waals surface area contributed by atoms with Crippen molar-refractivity contribution in [2.45, 2.75) is 20.3 Å². The van der Waals surface area contributed by atoms with Crippen LogP contribution in [-0.4, -0.2) is 15.9 Å². The molecular formula is C20H19FN4O2. The van der Waals surface area contributed by atoms with Crippen molar-refractivity contribution < 1.29 is 9.18 Å². The lowest BCUT2D eigenvalue weighted by Gasteiger charge is -2.15. The molecule has 6 nitrogen and oxygen atoms in total. The first-order valence-electron chi connectivity index (χ1n) is 8.44. The zero-order valence-electron chi connectivity index (χ0n) is 15.0. The van der Waals surface area contributed by atoms with E-state index in [0.29, 0.717) is 40.2 Å². The van der Waals surface area contributed by atoms with Crippen LogP contribution >= 0.6 is 0 Å². The van der Waals surface area contributed by atoms with E-state index in [2.05, 4.69) is 15.3 Å². The Balaban J connectivity index is 2.12. The fourth-order valence-electron chi connectivity index (χ4n) is 2.83. The molecule has 0 aliphatic carbocycles. The van der Waals surface area contributed by atoms with Gasteiger partial charge in [0.25, 0.3) is 11.5 Å². The fraction of sp³-hybridized carbons (Fsp3) is 0.150. The van der Waals surface area contributed by atoms with E-state index >= 15 is 0 Å². The Hall–Kier alpha value is -3.48. The van der Waals surface area contributed by atoms with Crippen molar-refractivity contribution in [1.29, 1.82) is 0 Å². The molecule has 3 rings (SSSR count). The second kappa shape index (κ2) is 7.41. The molecule has 1 amide bonds. The molecule has 0 aliphatic rings. The molecule has 0 saturated heterocycles. The van der Waals surface area contributed by atoms with Gasteiger partial charge in [0.2, 0.25) is 0 Å². The minimum Gasteiger partial charge on any atom is -0.365 e. The average Bonchev–Trinajstić information content (AvgIpc) is 2.65. The molecule has 0 bridgehead atoms. The Bertz CT molecular complexity index is 1080. The first-order chi connectivity index (χ1) is 12.9. The molecule has 2 aromatic heterocycles. The van der Waals surface area contributed by atoms with E-state index in [0.717, 1.165) is 0 Å². The van der Waals surface area contributed by atoms with Crippen molar-refractivity contribution in [3.8, 4) is 11.1 Å². The molecular weight excluding hydrogens is 347 g/mol. The maximum absolute atomic E-state index is 13.6. The second-order valence-electron chi connectivity index (χ2n) is 6.13. The maximum Gasteiger partial charge on any atom is 0.256 e. The van der Waals surface area contributed by atoms with Gasteiger partial charge >= 0.3 is 0 Å². The number of pyridine rings is 2. The number of halogens is 1. The number of carbonyl (C=O) groups excluding carboxylic acids is 1. The van der Waals surface area contributed by atoms with Crippen molar-refractivity contribution in [1.82, 2.24) is 9.97 Å². The van der Waals surface area contributed by atoms with Gasteiger partial charge in [-0.3, -0.25) is 14.6 Å². The second-order valence-corrected chi connectivity index (χ2v) is 6.13. The van der Waals surface area contributed by atoms with Crippen LogP contribution < -0.4 is 16.6 Å². The number of aromatic nitrogens is 2. The van der Waals surface area contributed by atoms with Crippen molar-refractivity contribution in [3.05, 3.63) is 75.7 Å². The third kappa shape index (κ3) is 3.72. The van der Waals surface area contributed by atoms with Gasteiger partial charge in [-0.2, -0.15) is 0 Å². The molecule has 7 heteroatoms. The highest BCUT2D eigenvalue weighted by atomic mass is 19.1. The van der Waals surface area contributed by atoms with Gasteiger partial charge in [0, 0.05) is 23.7 Å². The maximum atomic E-state index is 13.6. The Morgan fingerprint density at radius 2 is 2.04 bits per heavy atom.